The van der Waals surface area contributed by atoms with Crippen LogP contribution in [-0.4, -0.2) is 33.1 Å². The van der Waals surface area contributed by atoms with Crippen LogP contribution in [0.15, 0.2) is 29.3 Å². The predicted molar refractivity (Wildman–Crippen MR) is 90.1 cm³/mol. The van der Waals surface area contributed by atoms with E-state index in [9.17, 15) is 9.18 Å². The van der Waals surface area contributed by atoms with Gasteiger partial charge < -0.3 is 0 Å². The van der Waals surface area contributed by atoms with Crippen LogP contribution in [0.25, 0.3) is 10.9 Å². The maximum Gasteiger partial charge on any atom is 0.261 e. The monoisotopic (exact) mass is 317 g/mol. The van der Waals surface area contributed by atoms with E-state index in [1.807, 2.05) is 0 Å². The van der Waals surface area contributed by atoms with Crippen LogP contribution in [0.1, 0.15) is 39.5 Å². The van der Waals surface area contributed by atoms with Crippen molar-refractivity contribution in [3.63, 3.8) is 0 Å². The fourth-order valence-corrected chi connectivity index (χ4v) is 3.61. The Hall–Kier alpha value is -1.75. The van der Waals surface area contributed by atoms with Gasteiger partial charge in [0.2, 0.25) is 0 Å². The van der Waals surface area contributed by atoms with Crippen LogP contribution < -0.4 is 5.56 Å². The Balaban J connectivity index is 1.79. The van der Waals surface area contributed by atoms with Gasteiger partial charge in [-0.05, 0) is 51.8 Å². The van der Waals surface area contributed by atoms with Crippen molar-refractivity contribution in [2.24, 2.45) is 0 Å². The van der Waals surface area contributed by atoms with Crippen molar-refractivity contribution in [2.45, 2.75) is 58.2 Å². The molecule has 1 aromatic carbocycles. The molecule has 0 radical (unpaired) electrons. The van der Waals surface area contributed by atoms with Crippen LogP contribution in [0.3, 0.4) is 0 Å². The summed E-state index contributed by atoms with van der Waals surface area (Å²) in [7, 11) is 0. The van der Waals surface area contributed by atoms with Crippen LogP contribution >= 0.6 is 0 Å². The Kier molecular flexibility index (Phi) is 4.76. The van der Waals surface area contributed by atoms with Gasteiger partial charge in [-0.25, -0.2) is 9.37 Å². The second kappa shape index (κ2) is 6.79. The van der Waals surface area contributed by atoms with E-state index < -0.39 is 5.82 Å². The highest BCUT2D eigenvalue weighted by atomic mass is 19.1. The molecule has 5 heteroatoms. The summed E-state index contributed by atoms with van der Waals surface area (Å²) in [6.07, 6.45) is 6.11. The van der Waals surface area contributed by atoms with E-state index in [0.29, 0.717) is 24.0 Å². The number of likely N-dealkylation sites (tertiary alicyclic amines) is 1. The first-order valence-corrected chi connectivity index (χ1v) is 8.47. The first-order valence-electron chi connectivity index (χ1n) is 8.47. The third-order valence-electron chi connectivity index (χ3n) is 4.84. The average Bonchev–Trinajstić information content (AvgIpc) is 2.55. The molecule has 124 valence electrons. The minimum Gasteiger partial charge on any atom is -0.299 e. The zero-order valence-electron chi connectivity index (χ0n) is 13.8. The third kappa shape index (κ3) is 3.29. The molecule has 0 spiro atoms. The number of aromatic nitrogens is 2. The molecular formula is C18H24FN3O. The van der Waals surface area contributed by atoms with Gasteiger partial charge in [-0.15, -0.1) is 0 Å². The maximum atomic E-state index is 13.7. The van der Waals surface area contributed by atoms with Gasteiger partial charge in [0.05, 0.1) is 11.7 Å². The number of halogens is 1. The molecule has 3 rings (SSSR count). The molecule has 1 aliphatic rings. The molecule has 0 unspecified atom stereocenters. The highest BCUT2D eigenvalue weighted by Crippen LogP contribution is 2.22. The average molecular weight is 317 g/mol. The zero-order valence-corrected chi connectivity index (χ0v) is 13.8. The summed E-state index contributed by atoms with van der Waals surface area (Å²) in [5.74, 6) is -0.440. The number of rotatable bonds is 4. The lowest BCUT2D eigenvalue weighted by Crippen LogP contribution is -2.44. The fraction of sp³-hybridized carbons (Fsp3) is 0.556. The summed E-state index contributed by atoms with van der Waals surface area (Å²) in [5.41, 5.74) is 0.0108. The Morgan fingerprint density at radius 1 is 1.35 bits per heavy atom. The van der Waals surface area contributed by atoms with Crippen LogP contribution in [-0.2, 0) is 6.54 Å². The summed E-state index contributed by atoms with van der Waals surface area (Å²) < 4.78 is 15.3. The van der Waals surface area contributed by atoms with Gasteiger partial charge in [0.15, 0.2) is 0 Å². The number of fused-ring (bicyclic) bond motifs is 1. The van der Waals surface area contributed by atoms with E-state index >= 15 is 0 Å². The van der Waals surface area contributed by atoms with Crippen molar-refractivity contribution >= 4 is 10.9 Å². The minimum atomic E-state index is -0.440. The van der Waals surface area contributed by atoms with Crippen LogP contribution in [0.5, 0.6) is 0 Å². The standard InChI is InChI=1S/C18H24FN3O/c1-13(2)22-10-4-3-6-14(22)9-11-21-12-20-17-15(18(21)23)7-5-8-16(17)19/h5,7-8,12-14H,3-4,6,9-11H2,1-2H3/t14-/m1/s1. The second-order valence-corrected chi connectivity index (χ2v) is 6.65. The topological polar surface area (TPSA) is 38.1 Å². The van der Waals surface area contributed by atoms with E-state index in [1.165, 1.54) is 31.7 Å². The number of aryl methyl sites for hydroxylation is 1. The molecule has 0 N–H and O–H groups in total. The fourth-order valence-electron chi connectivity index (χ4n) is 3.61. The van der Waals surface area contributed by atoms with Crippen molar-refractivity contribution in [3.05, 3.63) is 40.7 Å². The normalized spacial score (nSPS) is 19.6. The lowest BCUT2D eigenvalue weighted by molar-refractivity contribution is 0.102. The second-order valence-electron chi connectivity index (χ2n) is 6.65. The van der Waals surface area contributed by atoms with E-state index in [-0.39, 0.29) is 11.1 Å². The summed E-state index contributed by atoms with van der Waals surface area (Å²) in [5, 5.41) is 0.358. The van der Waals surface area contributed by atoms with E-state index in [2.05, 4.69) is 23.7 Å². The van der Waals surface area contributed by atoms with Crippen LogP contribution in [0.2, 0.25) is 0 Å². The number of para-hydroxylation sites is 1. The Morgan fingerprint density at radius 2 is 2.17 bits per heavy atom. The SMILES string of the molecule is CC(C)N1CCCC[C@@H]1CCn1cnc2c(F)cccc2c1=O. The predicted octanol–water partition coefficient (Wildman–Crippen LogP) is 3.19. The summed E-state index contributed by atoms with van der Waals surface area (Å²) in [6, 6.07) is 5.58. The molecule has 2 heterocycles. The van der Waals surface area contributed by atoms with Crippen molar-refractivity contribution < 1.29 is 4.39 Å². The third-order valence-corrected chi connectivity index (χ3v) is 4.84. The van der Waals surface area contributed by atoms with Crippen LogP contribution in [0.4, 0.5) is 4.39 Å². The van der Waals surface area contributed by atoms with Crippen molar-refractivity contribution in [3.8, 4) is 0 Å². The van der Waals surface area contributed by atoms with Crippen molar-refractivity contribution in [1.29, 1.82) is 0 Å². The quantitative estimate of drug-likeness (QED) is 0.869. The summed E-state index contributed by atoms with van der Waals surface area (Å²) >= 11 is 0. The molecule has 23 heavy (non-hydrogen) atoms. The van der Waals surface area contributed by atoms with E-state index in [1.54, 1.807) is 16.7 Å². The molecule has 4 nitrogen and oxygen atoms in total. The number of piperidine rings is 1. The van der Waals surface area contributed by atoms with Crippen molar-refractivity contribution in [2.75, 3.05) is 6.54 Å². The molecule has 1 saturated heterocycles. The molecule has 2 aromatic rings. The minimum absolute atomic E-state index is 0.151. The van der Waals surface area contributed by atoms with Gasteiger partial charge in [0, 0.05) is 18.6 Å². The molecule has 0 bridgehead atoms. The van der Waals surface area contributed by atoms with Gasteiger partial charge in [-0.1, -0.05) is 12.5 Å². The van der Waals surface area contributed by atoms with Gasteiger partial charge in [0.25, 0.3) is 5.56 Å². The van der Waals surface area contributed by atoms with Crippen molar-refractivity contribution in [1.82, 2.24) is 14.5 Å². The molecule has 0 saturated carbocycles. The maximum absolute atomic E-state index is 13.7. The number of benzene rings is 1. The van der Waals surface area contributed by atoms with Gasteiger partial charge in [-0.2, -0.15) is 0 Å². The number of hydrogen-bond acceptors (Lipinski definition) is 3. The van der Waals surface area contributed by atoms with E-state index in [4.69, 9.17) is 0 Å². The lowest BCUT2D eigenvalue weighted by Gasteiger charge is -2.38. The number of nitrogens with zero attached hydrogens (tertiary/aromatic N) is 3. The molecule has 1 atom stereocenters. The molecule has 1 fully saturated rings. The first kappa shape index (κ1) is 16.1. The highest BCUT2D eigenvalue weighted by Gasteiger charge is 2.24. The molecule has 0 aliphatic carbocycles. The zero-order chi connectivity index (χ0) is 16.4. The lowest BCUT2D eigenvalue weighted by atomic mass is 9.97. The van der Waals surface area contributed by atoms with Gasteiger partial charge in [0.1, 0.15) is 11.3 Å². The smallest absolute Gasteiger partial charge is 0.261 e. The van der Waals surface area contributed by atoms with Gasteiger partial charge in [-0.3, -0.25) is 14.3 Å². The Labute approximate surface area is 135 Å². The van der Waals surface area contributed by atoms with Crippen LogP contribution in [0, 0.1) is 5.82 Å². The van der Waals surface area contributed by atoms with E-state index in [0.717, 1.165) is 13.0 Å². The summed E-state index contributed by atoms with van der Waals surface area (Å²) in [6.45, 7) is 6.22. The van der Waals surface area contributed by atoms with Gasteiger partial charge >= 0.3 is 0 Å². The molecule has 1 aromatic heterocycles. The molecule has 1 aliphatic heterocycles. The molecule has 0 amide bonds. The summed E-state index contributed by atoms with van der Waals surface area (Å²) in [4.78, 5) is 19.2. The Morgan fingerprint density at radius 3 is 2.96 bits per heavy atom. The largest absolute Gasteiger partial charge is 0.299 e. The highest BCUT2D eigenvalue weighted by molar-refractivity contribution is 5.77. The Bertz CT molecular complexity index is 741. The first-order chi connectivity index (χ1) is 11.1. The number of hydrogen-bond donors (Lipinski definition) is 0. The molecular weight excluding hydrogens is 293 g/mol.